The third kappa shape index (κ3) is 3.60. The Labute approximate surface area is 164 Å². The minimum Gasteiger partial charge on any atom is -0.462 e. The number of hydrogen-bond donors (Lipinski definition) is 2. The lowest BCUT2D eigenvalue weighted by atomic mass is 9.76. The Kier molecular flexibility index (Phi) is 5.32. The van der Waals surface area contributed by atoms with Gasteiger partial charge in [-0.15, -0.1) is 11.3 Å². The molecule has 3 rings (SSSR count). The van der Waals surface area contributed by atoms with E-state index < -0.39 is 11.6 Å². The van der Waals surface area contributed by atoms with Gasteiger partial charge in [-0.05, 0) is 62.3 Å². The molecule has 4 nitrogen and oxygen atoms in total. The van der Waals surface area contributed by atoms with Gasteiger partial charge in [0.15, 0.2) is 0 Å². The van der Waals surface area contributed by atoms with Crippen molar-refractivity contribution in [1.82, 2.24) is 0 Å². The molecule has 0 saturated heterocycles. The van der Waals surface area contributed by atoms with Gasteiger partial charge in [-0.3, -0.25) is 0 Å². The van der Waals surface area contributed by atoms with Crippen molar-refractivity contribution in [2.24, 2.45) is 0 Å². The average Bonchev–Trinajstić information content (AvgIpc) is 3.08. The van der Waals surface area contributed by atoms with Crippen molar-refractivity contribution in [3.63, 3.8) is 0 Å². The van der Waals surface area contributed by atoms with Gasteiger partial charge in [-0.25, -0.2) is 4.79 Å². The molecule has 5 heteroatoms. The van der Waals surface area contributed by atoms with Crippen LogP contribution < -0.4 is 5.32 Å². The largest absolute Gasteiger partial charge is 0.462 e. The fourth-order valence-corrected chi connectivity index (χ4v) is 4.28. The molecule has 0 bridgehead atoms. The van der Waals surface area contributed by atoms with Gasteiger partial charge in [0.05, 0.1) is 28.7 Å². The van der Waals surface area contributed by atoms with Crippen LogP contribution in [0.4, 0.5) is 5.69 Å². The Balaban J connectivity index is 2.04. The summed E-state index contributed by atoms with van der Waals surface area (Å²) in [6.45, 7) is 10.2. The number of carbonyl (C=O) groups is 1. The number of hydrogen-bond acceptors (Lipinski definition) is 5. The second-order valence-corrected chi connectivity index (χ2v) is 8.35. The van der Waals surface area contributed by atoms with Crippen molar-refractivity contribution in [2.45, 2.75) is 52.2 Å². The van der Waals surface area contributed by atoms with Crippen LogP contribution in [0.1, 0.15) is 65.5 Å². The number of nitrogens with one attached hydrogen (secondary N) is 1. The number of anilines is 1. The second kappa shape index (κ2) is 7.38. The molecule has 2 N–H and O–H groups in total. The summed E-state index contributed by atoms with van der Waals surface area (Å²) < 4.78 is 5.10. The Morgan fingerprint density at radius 3 is 2.78 bits per heavy atom. The van der Waals surface area contributed by atoms with Crippen molar-refractivity contribution in [2.75, 3.05) is 11.9 Å². The van der Waals surface area contributed by atoms with Gasteiger partial charge in [0.1, 0.15) is 0 Å². The van der Waals surface area contributed by atoms with E-state index in [0.29, 0.717) is 17.0 Å². The molecule has 142 valence electrons. The van der Waals surface area contributed by atoms with Crippen LogP contribution in [0.3, 0.4) is 0 Å². The van der Waals surface area contributed by atoms with E-state index in [1.54, 1.807) is 13.0 Å². The summed E-state index contributed by atoms with van der Waals surface area (Å²) in [6, 6.07) is 5.77. The number of rotatable bonds is 2. The lowest BCUT2D eigenvalue weighted by Gasteiger charge is -2.43. The first-order valence-electron chi connectivity index (χ1n) is 9.12. The number of fused-ring (bicyclic) bond motifs is 1. The van der Waals surface area contributed by atoms with Crippen LogP contribution in [-0.2, 0) is 4.74 Å². The maximum absolute atomic E-state index is 12.1. The average molecular weight is 384 g/mol. The molecule has 2 aromatic rings. The number of thiophene rings is 1. The van der Waals surface area contributed by atoms with Crippen molar-refractivity contribution in [3.8, 4) is 11.8 Å². The van der Waals surface area contributed by atoms with E-state index in [1.165, 1.54) is 11.3 Å². The van der Waals surface area contributed by atoms with Gasteiger partial charge in [0, 0.05) is 17.2 Å². The standard InChI is InChI=1S/C22H25NO3S/c1-6-26-21(25)16-11-12-27-17(16)10-9-15-8-7-13(2)19-18(15)14(3)20(24)22(4,5)23-19/h7-8,11-12,14,20,23-24H,6H2,1-5H3/t14-,20?/m0/s1. The van der Waals surface area contributed by atoms with Crippen LogP contribution >= 0.6 is 11.3 Å². The van der Waals surface area contributed by atoms with E-state index in [-0.39, 0.29) is 11.9 Å². The summed E-state index contributed by atoms with van der Waals surface area (Å²) in [4.78, 5) is 12.7. The van der Waals surface area contributed by atoms with E-state index in [4.69, 9.17) is 4.74 Å². The number of benzene rings is 1. The molecule has 0 radical (unpaired) electrons. The highest BCUT2D eigenvalue weighted by atomic mass is 32.1. The molecule has 1 aromatic carbocycles. The summed E-state index contributed by atoms with van der Waals surface area (Å²) in [7, 11) is 0. The zero-order chi connectivity index (χ0) is 19.8. The number of aliphatic hydroxyl groups excluding tert-OH is 1. The maximum atomic E-state index is 12.1. The molecule has 0 fully saturated rings. The van der Waals surface area contributed by atoms with Crippen LogP contribution in [0.15, 0.2) is 23.6 Å². The molecule has 0 amide bonds. The van der Waals surface area contributed by atoms with Gasteiger partial charge in [0.2, 0.25) is 0 Å². The van der Waals surface area contributed by atoms with Crippen molar-refractivity contribution >= 4 is 23.0 Å². The quantitative estimate of drug-likeness (QED) is 0.600. The first kappa shape index (κ1) is 19.5. The lowest BCUT2D eigenvalue weighted by molar-refractivity contribution is 0.0526. The third-order valence-electron chi connectivity index (χ3n) is 5.04. The molecule has 2 atom stereocenters. The molecule has 27 heavy (non-hydrogen) atoms. The highest BCUT2D eigenvalue weighted by Gasteiger charge is 2.39. The summed E-state index contributed by atoms with van der Waals surface area (Å²) in [5.41, 5.74) is 4.17. The summed E-state index contributed by atoms with van der Waals surface area (Å²) in [6.07, 6.45) is -0.524. The van der Waals surface area contributed by atoms with Crippen LogP contribution in [-0.4, -0.2) is 29.3 Å². The molecule has 0 saturated carbocycles. The van der Waals surface area contributed by atoms with Crippen LogP contribution in [0.25, 0.3) is 0 Å². The Morgan fingerprint density at radius 2 is 2.07 bits per heavy atom. The molecule has 2 heterocycles. The van der Waals surface area contributed by atoms with E-state index in [9.17, 15) is 9.90 Å². The van der Waals surface area contributed by atoms with Crippen LogP contribution in [0.2, 0.25) is 0 Å². The number of carbonyl (C=O) groups excluding carboxylic acids is 1. The fraction of sp³-hybridized carbons (Fsp3) is 0.409. The molecule has 0 aliphatic carbocycles. The van der Waals surface area contributed by atoms with E-state index >= 15 is 0 Å². The molecule has 1 aromatic heterocycles. The first-order valence-corrected chi connectivity index (χ1v) is 10.0. The fourth-order valence-electron chi connectivity index (χ4n) is 3.56. The molecule has 1 unspecified atom stereocenters. The SMILES string of the molecule is CCOC(=O)c1ccsc1C#Cc1ccc(C)c2c1[C@H](C)C(O)C(C)(C)N2. The summed E-state index contributed by atoms with van der Waals surface area (Å²) >= 11 is 1.43. The molecule has 0 spiro atoms. The first-order chi connectivity index (χ1) is 12.8. The minimum absolute atomic E-state index is 0.0479. The summed E-state index contributed by atoms with van der Waals surface area (Å²) in [5, 5.41) is 16.0. The maximum Gasteiger partial charge on any atom is 0.340 e. The van der Waals surface area contributed by atoms with E-state index in [1.807, 2.05) is 38.3 Å². The number of ether oxygens (including phenoxy) is 1. The van der Waals surface area contributed by atoms with Crippen LogP contribution in [0, 0.1) is 18.8 Å². The molecule has 1 aliphatic heterocycles. The van der Waals surface area contributed by atoms with Crippen molar-refractivity contribution < 1.29 is 14.6 Å². The predicted molar refractivity (Wildman–Crippen MR) is 110 cm³/mol. The van der Waals surface area contributed by atoms with Crippen molar-refractivity contribution in [1.29, 1.82) is 0 Å². The zero-order valence-electron chi connectivity index (χ0n) is 16.3. The van der Waals surface area contributed by atoms with Gasteiger partial charge in [-0.1, -0.05) is 18.9 Å². The van der Waals surface area contributed by atoms with Gasteiger partial charge in [0.25, 0.3) is 0 Å². The van der Waals surface area contributed by atoms with Crippen LogP contribution in [0.5, 0.6) is 0 Å². The van der Waals surface area contributed by atoms with Gasteiger partial charge < -0.3 is 15.2 Å². The predicted octanol–water partition coefficient (Wildman–Crippen LogP) is 4.30. The summed E-state index contributed by atoms with van der Waals surface area (Å²) in [5.74, 6) is 5.96. The monoisotopic (exact) mass is 383 g/mol. The lowest BCUT2D eigenvalue weighted by Crippen LogP contribution is -2.50. The third-order valence-corrected chi connectivity index (χ3v) is 5.87. The Bertz CT molecular complexity index is 933. The number of esters is 1. The Hall–Kier alpha value is -2.29. The highest BCUT2D eigenvalue weighted by Crippen LogP contribution is 2.42. The van der Waals surface area contributed by atoms with Gasteiger partial charge in [-0.2, -0.15) is 0 Å². The highest BCUT2D eigenvalue weighted by molar-refractivity contribution is 7.10. The topological polar surface area (TPSA) is 58.6 Å². The number of aliphatic hydroxyl groups is 1. The molecule has 1 aliphatic rings. The Morgan fingerprint density at radius 1 is 1.33 bits per heavy atom. The van der Waals surface area contributed by atoms with E-state index in [2.05, 4.69) is 24.1 Å². The molecular weight excluding hydrogens is 358 g/mol. The zero-order valence-corrected chi connectivity index (χ0v) is 17.2. The second-order valence-electron chi connectivity index (χ2n) is 7.43. The van der Waals surface area contributed by atoms with E-state index in [0.717, 1.165) is 22.4 Å². The van der Waals surface area contributed by atoms with Gasteiger partial charge >= 0.3 is 5.97 Å². The number of aryl methyl sites for hydroxylation is 1. The minimum atomic E-state index is -0.524. The smallest absolute Gasteiger partial charge is 0.340 e. The molecular formula is C22H25NO3S. The normalized spacial score (nSPS) is 20.1. The van der Waals surface area contributed by atoms with Crippen molar-refractivity contribution in [3.05, 3.63) is 50.7 Å².